The van der Waals surface area contributed by atoms with E-state index in [4.69, 9.17) is 4.74 Å². The van der Waals surface area contributed by atoms with Gasteiger partial charge < -0.3 is 14.5 Å². The summed E-state index contributed by atoms with van der Waals surface area (Å²) in [5.41, 5.74) is 0.640. The summed E-state index contributed by atoms with van der Waals surface area (Å²) in [4.78, 5) is 29.1. The van der Waals surface area contributed by atoms with E-state index in [0.29, 0.717) is 24.0 Å². The van der Waals surface area contributed by atoms with Crippen molar-refractivity contribution in [3.8, 4) is 5.88 Å². The predicted molar refractivity (Wildman–Crippen MR) is 96.5 cm³/mol. The van der Waals surface area contributed by atoms with Gasteiger partial charge in [0.15, 0.2) is 5.78 Å². The third kappa shape index (κ3) is 4.23. The monoisotopic (exact) mass is 341 g/mol. The molecule has 1 fully saturated rings. The minimum atomic E-state index is 0.0346. The van der Waals surface area contributed by atoms with Gasteiger partial charge in [-0.15, -0.1) is 0 Å². The molecule has 25 heavy (non-hydrogen) atoms. The van der Waals surface area contributed by atoms with Crippen LogP contribution in [-0.4, -0.2) is 53.5 Å². The molecule has 0 N–H and O–H groups in total. The molecular weight excluding hydrogens is 318 g/mol. The third-order valence-corrected chi connectivity index (χ3v) is 4.17. The van der Waals surface area contributed by atoms with E-state index in [0.717, 1.165) is 38.4 Å². The van der Waals surface area contributed by atoms with E-state index < -0.39 is 0 Å². The van der Waals surface area contributed by atoms with E-state index in [1.165, 1.54) is 0 Å². The standard InChI is InChI=1S/C18H23N5O2/c1-3-25-17-7-8-19-18(21-17)23-10-4-9-22(11-12-23)16-6-5-15(13-20-16)14(2)24/h5-8,13H,3-4,9-12H2,1-2H3. The molecule has 0 bridgehead atoms. The van der Waals surface area contributed by atoms with Crippen LogP contribution in [0.1, 0.15) is 30.6 Å². The Labute approximate surface area is 147 Å². The normalized spacial score (nSPS) is 15.0. The Balaban J connectivity index is 1.67. The minimum Gasteiger partial charge on any atom is -0.478 e. The van der Waals surface area contributed by atoms with Gasteiger partial charge in [-0.1, -0.05) is 0 Å². The van der Waals surface area contributed by atoms with Gasteiger partial charge in [0.25, 0.3) is 0 Å². The van der Waals surface area contributed by atoms with E-state index in [2.05, 4.69) is 24.8 Å². The SMILES string of the molecule is CCOc1ccnc(N2CCCN(c3ccc(C(C)=O)cn3)CC2)n1. The summed E-state index contributed by atoms with van der Waals surface area (Å²) in [5.74, 6) is 2.24. The first-order valence-corrected chi connectivity index (χ1v) is 8.60. The molecule has 0 aliphatic carbocycles. The zero-order valence-electron chi connectivity index (χ0n) is 14.7. The maximum atomic E-state index is 11.4. The number of anilines is 2. The zero-order chi connectivity index (χ0) is 17.6. The van der Waals surface area contributed by atoms with Crippen LogP contribution in [0.15, 0.2) is 30.6 Å². The Bertz CT molecular complexity index is 720. The van der Waals surface area contributed by atoms with Crippen molar-refractivity contribution in [2.45, 2.75) is 20.3 Å². The molecule has 0 aromatic carbocycles. The Morgan fingerprint density at radius 2 is 1.92 bits per heavy atom. The summed E-state index contributed by atoms with van der Waals surface area (Å²) in [6, 6.07) is 5.53. The summed E-state index contributed by atoms with van der Waals surface area (Å²) < 4.78 is 5.46. The average Bonchev–Trinajstić information content (AvgIpc) is 2.88. The van der Waals surface area contributed by atoms with Gasteiger partial charge in [-0.05, 0) is 32.4 Å². The number of nitrogens with zero attached hydrogens (tertiary/aromatic N) is 5. The van der Waals surface area contributed by atoms with Crippen molar-refractivity contribution >= 4 is 17.5 Å². The minimum absolute atomic E-state index is 0.0346. The molecule has 3 heterocycles. The number of Topliss-reactive ketones (excluding diaryl/α,β-unsaturated/α-hetero) is 1. The molecule has 7 nitrogen and oxygen atoms in total. The van der Waals surface area contributed by atoms with Crippen LogP contribution in [0.25, 0.3) is 0 Å². The number of aromatic nitrogens is 3. The number of pyridine rings is 1. The number of hydrogen-bond acceptors (Lipinski definition) is 7. The van der Waals surface area contributed by atoms with Crippen molar-refractivity contribution < 1.29 is 9.53 Å². The largest absolute Gasteiger partial charge is 0.478 e. The summed E-state index contributed by atoms with van der Waals surface area (Å²) in [6.07, 6.45) is 4.37. The van der Waals surface area contributed by atoms with Crippen molar-refractivity contribution in [1.82, 2.24) is 15.0 Å². The van der Waals surface area contributed by atoms with Crippen molar-refractivity contribution in [3.63, 3.8) is 0 Å². The number of carbonyl (C=O) groups is 1. The Hall–Kier alpha value is -2.70. The van der Waals surface area contributed by atoms with Gasteiger partial charge in [0.2, 0.25) is 11.8 Å². The van der Waals surface area contributed by atoms with Crippen molar-refractivity contribution in [2.75, 3.05) is 42.6 Å². The second-order valence-corrected chi connectivity index (χ2v) is 5.92. The van der Waals surface area contributed by atoms with Crippen LogP contribution in [0.4, 0.5) is 11.8 Å². The zero-order valence-corrected chi connectivity index (χ0v) is 14.7. The van der Waals surface area contributed by atoms with Gasteiger partial charge in [-0.2, -0.15) is 4.98 Å². The number of ketones is 1. The molecule has 0 radical (unpaired) electrons. The van der Waals surface area contributed by atoms with Crippen molar-refractivity contribution in [3.05, 3.63) is 36.2 Å². The van der Waals surface area contributed by atoms with Gasteiger partial charge in [-0.3, -0.25) is 4.79 Å². The molecule has 2 aromatic heterocycles. The van der Waals surface area contributed by atoms with Crippen LogP contribution in [0, 0.1) is 0 Å². The molecule has 0 unspecified atom stereocenters. The lowest BCUT2D eigenvalue weighted by molar-refractivity contribution is 0.101. The fourth-order valence-electron chi connectivity index (χ4n) is 2.84. The van der Waals surface area contributed by atoms with Crippen LogP contribution in [0.3, 0.4) is 0 Å². The van der Waals surface area contributed by atoms with Gasteiger partial charge >= 0.3 is 0 Å². The van der Waals surface area contributed by atoms with Crippen LogP contribution in [0.2, 0.25) is 0 Å². The van der Waals surface area contributed by atoms with E-state index in [9.17, 15) is 4.79 Å². The fourth-order valence-corrected chi connectivity index (χ4v) is 2.84. The lowest BCUT2D eigenvalue weighted by Crippen LogP contribution is -2.32. The molecule has 0 spiro atoms. The molecular formula is C18H23N5O2. The maximum absolute atomic E-state index is 11.4. The molecule has 1 aliphatic rings. The second kappa shape index (κ2) is 7.92. The molecule has 0 saturated carbocycles. The average molecular weight is 341 g/mol. The molecule has 132 valence electrons. The highest BCUT2D eigenvalue weighted by Crippen LogP contribution is 2.18. The van der Waals surface area contributed by atoms with Gasteiger partial charge in [0, 0.05) is 50.2 Å². The quantitative estimate of drug-likeness (QED) is 0.772. The Morgan fingerprint density at radius 1 is 1.12 bits per heavy atom. The predicted octanol–water partition coefficient (Wildman–Crippen LogP) is 2.19. The maximum Gasteiger partial charge on any atom is 0.228 e. The second-order valence-electron chi connectivity index (χ2n) is 5.92. The molecule has 3 rings (SSSR count). The number of rotatable bonds is 5. The van der Waals surface area contributed by atoms with Crippen LogP contribution < -0.4 is 14.5 Å². The first-order valence-electron chi connectivity index (χ1n) is 8.60. The van der Waals surface area contributed by atoms with Crippen molar-refractivity contribution in [2.24, 2.45) is 0 Å². The first-order chi connectivity index (χ1) is 12.2. The van der Waals surface area contributed by atoms with Crippen molar-refractivity contribution in [1.29, 1.82) is 0 Å². The molecule has 7 heteroatoms. The van der Waals surface area contributed by atoms with Gasteiger partial charge in [-0.25, -0.2) is 9.97 Å². The Kier molecular flexibility index (Phi) is 5.42. The summed E-state index contributed by atoms with van der Waals surface area (Å²) in [6.45, 7) is 7.52. The topological polar surface area (TPSA) is 71.5 Å². The number of hydrogen-bond donors (Lipinski definition) is 0. The van der Waals surface area contributed by atoms with E-state index in [1.807, 2.05) is 19.1 Å². The number of carbonyl (C=O) groups excluding carboxylic acids is 1. The van der Waals surface area contributed by atoms with Crippen LogP contribution in [0.5, 0.6) is 5.88 Å². The highest BCUT2D eigenvalue weighted by atomic mass is 16.5. The smallest absolute Gasteiger partial charge is 0.228 e. The summed E-state index contributed by atoms with van der Waals surface area (Å²) >= 11 is 0. The molecule has 0 atom stereocenters. The Morgan fingerprint density at radius 3 is 2.64 bits per heavy atom. The molecule has 2 aromatic rings. The van der Waals surface area contributed by atoms with E-state index in [-0.39, 0.29) is 5.78 Å². The highest BCUT2D eigenvalue weighted by molar-refractivity contribution is 5.93. The lowest BCUT2D eigenvalue weighted by Gasteiger charge is -2.23. The molecule has 0 amide bonds. The lowest BCUT2D eigenvalue weighted by atomic mass is 10.2. The van der Waals surface area contributed by atoms with Gasteiger partial charge in [0.05, 0.1) is 6.61 Å². The third-order valence-electron chi connectivity index (χ3n) is 4.17. The van der Waals surface area contributed by atoms with E-state index >= 15 is 0 Å². The molecule has 1 saturated heterocycles. The van der Waals surface area contributed by atoms with Crippen LogP contribution >= 0.6 is 0 Å². The van der Waals surface area contributed by atoms with Crippen LogP contribution in [-0.2, 0) is 0 Å². The van der Waals surface area contributed by atoms with Gasteiger partial charge in [0.1, 0.15) is 5.82 Å². The number of ether oxygens (including phenoxy) is 1. The summed E-state index contributed by atoms with van der Waals surface area (Å²) in [5, 5.41) is 0. The fraction of sp³-hybridized carbons (Fsp3) is 0.444. The molecule has 1 aliphatic heterocycles. The first kappa shape index (κ1) is 17.1. The highest BCUT2D eigenvalue weighted by Gasteiger charge is 2.18. The van der Waals surface area contributed by atoms with E-state index in [1.54, 1.807) is 25.4 Å². The summed E-state index contributed by atoms with van der Waals surface area (Å²) in [7, 11) is 0.